The summed E-state index contributed by atoms with van der Waals surface area (Å²) in [6.45, 7) is -0.179. The van der Waals surface area contributed by atoms with Crippen LogP contribution in [-0.4, -0.2) is 46.1 Å². The largest absolute Gasteiger partial charge is 0.447 e. The van der Waals surface area contributed by atoms with Crippen LogP contribution in [0.25, 0.3) is 0 Å². The number of hydrogen-bond acceptors (Lipinski definition) is 5. The van der Waals surface area contributed by atoms with E-state index in [0.29, 0.717) is 11.7 Å². The van der Waals surface area contributed by atoms with Crippen LogP contribution in [0.1, 0.15) is 12.8 Å². The number of anilines is 1. The van der Waals surface area contributed by atoms with Gasteiger partial charge in [0.1, 0.15) is 13.2 Å². The normalized spacial score (nSPS) is 13.9. The number of rotatable bonds is 6. The highest BCUT2D eigenvalue weighted by Crippen LogP contribution is 2.18. The minimum absolute atomic E-state index is 0.0657. The van der Waals surface area contributed by atoms with Crippen molar-refractivity contribution < 1.29 is 19.4 Å². The maximum absolute atomic E-state index is 11.5. The van der Waals surface area contributed by atoms with E-state index < -0.39 is 6.09 Å². The van der Waals surface area contributed by atoms with Crippen LogP contribution in [0.4, 0.5) is 10.5 Å². The molecule has 0 atom stereocenters. The summed E-state index contributed by atoms with van der Waals surface area (Å²) in [6.07, 6.45) is 4.36. The predicted molar refractivity (Wildman–Crippen MR) is 65.4 cm³/mol. The number of amides is 2. The molecule has 2 amide bonds. The molecule has 1 aromatic rings. The van der Waals surface area contributed by atoms with Crippen LogP contribution in [0.2, 0.25) is 0 Å². The molecule has 0 unspecified atom stereocenters. The number of aliphatic hydroxyl groups is 1. The van der Waals surface area contributed by atoms with Gasteiger partial charge >= 0.3 is 6.09 Å². The van der Waals surface area contributed by atoms with Crippen molar-refractivity contribution in [1.29, 1.82) is 0 Å². The Labute approximate surface area is 109 Å². The topological polar surface area (TPSA) is 105 Å². The zero-order valence-corrected chi connectivity index (χ0v) is 10.3. The summed E-state index contributed by atoms with van der Waals surface area (Å²) in [5, 5.41) is 17.7. The van der Waals surface area contributed by atoms with Crippen molar-refractivity contribution in [2.45, 2.75) is 25.4 Å². The van der Waals surface area contributed by atoms with E-state index in [9.17, 15) is 9.59 Å². The molecule has 0 radical (unpaired) electrons. The Morgan fingerprint density at radius 1 is 1.53 bits per heavy atom. The molecule has 104 valence electrons. The Hall–Kier alpha value is -2.09. The molecule has 8 heteroatoms. The molecule has 19 heavy (non-hydrogen) atoms. The summed E-state index contributed by atoms with van der Waals surface area (Å²) in [5.74, 6) is -0.0972. The van der Waals surface area contributed by atoms with Gasteiger partial charge in [-0.2, -0.15) is 5.10 Å². The van der Waals surface area contributed by atoms with Crippen molar-refractivity contribution in [2.24, 2.45) is 0 Å². The van der Waals surface area contributed by atoms with Gasteiger partial charge in [0.2, 0.25) is 5.91 Å². The van der Waals surface area contributed by atoms with E-state index in [1.807, 2.05) is 0 Å². The summed E-state index contributed by atoms with van der Waals surface area (Å²) in [5.41, 5.74) is 0.433. The third kappa shape index (κ3) is 4.59. The second-order valence-corrected chi connectivity index (χ2v) is 4.25. The Morgan fingerprint density at radius 3 is 3.00 bits per heavy atom. The summed E-state index contributed by atoms with van der Waals surface area (Å²) in [7, 11) is 0. The maximum atomic E-state index is 11.5. The standard InChI is InChI=1S/C11H16N4O4/c16-3-4-19-11(18)14-9-5-12-15(6-9)7-10(17)13-8-1-2-8/h5-6,8,16H,1-4,7H2,(H,13,17)(H,14,18). The van der Waals surface area contributed by atoms with Crippen LogP contribution in [-0.2, 0) is 16.1 Å². The van der Waals surface area contributed by atoms with Gasteiger partial charge in [-0.25, -0.2) is 4.79 Å². The summed E-state index contributed by atoms with van der Waals surface area (Å²) >= 11 is 0. The number of nitrogens with one attached hydrogen (secondary N) is 2. The van der Waals surface area contributed by atoms with Crippen LogP contribution < -0.4 is 10.6 Å². The minimum Gasteiger partial charge on any atom is -0.447 e. The van der Waals surface area contributed by atoms with Crippen LogP contribution in [0, 0.1) is 0 Å². The van der Waals surface area contributed by atoms with Gasteiger partial charge in [-0.15, -0.1) is 0 Å². The minimum atomic E-state index is -0.670. The quantitative estimate of drug-likeness (QED) is 0.657. The number of carbonyl (C=O) groups is 2. The van der Waals surface area contributed by atoms with Crippen LogP contribution in [0.15, 0.2) is 12.4 Å². The van der Waals surface area contributed by atoms with Gasteiger partial charge in [-0.3, -0.25) is 14.8 Å². The fourth-order valence-corrected chi connectivity index (χ4v) is 1.45. The molecule has 0 aliphatic heterocycles. The van der Waals surface area contributed by atoms with Crippen LogP contribution in [0.3, 0.4) is 0 Å². The first-order valence-corrected chi connectivity index (χ1v) is 6.04. The fraction of sp³-hybridized carbons (Fsp3) is 0.545. The van der Waals surface area contributed by atoms with Gasteiger partial charge in [-0.05, 0) is 12.8 Å². The number of ether oxygens (including phenoxy) is 1. The molecule has 0 saturated heterocycles. The fourth-order valence-electron chi connectivity index (χ4n) is 1.45. The second kappa shape index (κ2) is 6.19. The average Bonchev–Trinajstić information content (AvgIpc) is 3.07. The first-order valence-electron chi connectivity index (χ1n) is 6.04. The van der Waals surface area contributed by atoms with Crippen LogP contribution in [0.5, 0.6) is 0 Å². The highest BCUT2D eigenvalue weighted by Gasteiger charge is 2.23. The summed E-state index contributed by atoms with van der Waals surface area (Å²) < 4.78 is 6.06. The maximum Gasteiger partial charge on any atom is 0.411 e. The zero-order valence-electron chi connectivity index (χ0n) is 10.3. The van der Waals surface area contributed by atoms with E-state index in [0.717, 1.165) is 12.8 Å². The SMILES string of the molecule is O=C(Cn1cc(NC(=O)OCCO)cn1)NC1CC1. The zero-order chi connectivity index (χ0) is 13.7. The predicted octanol–water partition coefficient (Wildman–Crippen LogP) is -0.298. The first-order chi connectivity index (χ1) is 9.17. The molecule has 0 aromatic carbocycles. The molecule has 2 rings (SSSR count). The van der Waals surface area contributed by atoms with E-state index in [-0.39, 0.29) is 25.7 Å². The first kappa shape index (κ1) is 13.3. The Morgan fingerprint density at radius 2 is 2.32 bits per heavy atom. The van der Waals surface area contributed by atoms with E-state index in [2.05, 4.69) is 20.5 Å². The smallest absolute Gasteiger partial charge is 0.411 e. The van der Waals surface area contributed by atoms with Gasteiger partial charge < -0.3 is 15.2 Å². The highest BCUT2D eigenvalue weighted by atomic mass is 16.6. The van der Waals surface area contributed by atoms with Gasteiger partial charge in [-0.1, -0.05) is 0 Å². The van der Waals surface area contributed by atoms with Gasteiger partial charge in [0.25, 0.3) is 0 Å². The molecule has 3 N–H and O–H groups in total. The third-order valence-electron chi connectivity index (χ3n) is 2.45. The molecular weight excluding hydrogens is 252 g/mol. The van der Waals surface area contributed by atoms with Crippen molar-refractivity contribution in [3.63, 3.8) is 0 Å². The molecule has 0 spiro atoms. The lowest BCUT2D eigenvalue weighted by Crippen LogP contribution is -2.29. The van der Waals surface area contributed by atoms with E-state index in [1.54, 1.807) is 0 Å². The Bertz CT molecular complexity index is 455. The second-order valence-electron chi connectivity index (χ2n) is 4.25. The number of aromatic nitrogens is 2. The van der Waals surface area contributed by atoms with Gasteiger partial charge in [0.15, 0.2) is 0 Å². The third-order valence-corrected chi connectivity index (χ3v) is 2.45. The van der Waals surface area contributed by atoms with E-state index in [1.165, 1.54) is 17.1 Å². The van der Waals surface area contributed by atoms with Gasteiger partial charge in [0, 0.05) is 12.2 Å². The molecule has 0 bridgehead atoms. The lowest BCUT2D eigenvalue weighted by Gasteiger charge is -2.03. The van der Waals surface area contributed by atoms with Crippen LogP contribution >= 0.6 is 0 Å². The van der Waals surface area contributed by atoms with Crippen molar-refractivity contribution >= 4 is 17.7 Å². The number of aliphatic hydroxyl groups excluding tert-OH is 1. The van der Waals surface area contributed by atoms with Crippen molar-refractivity contribution in [3.05, 3.63) is 12.4 Å². The molecule has 1 aliphatic rings. The molecule has 1 aliphatic carbocycles. The average molecular weight is 268 g/mol. The molecule has 8 nitrogen and oxygen atoms in total. The van der Waals surface area contributed by atoms with Gasteiger partial charge in [0.05, 0.1) is 18.5 Å². The molecule has 1 fully saturated rings. The molecule has 1 heterocycles. The Kier molecular flexibility index (Phi) is 4.35. The summed E-state index contributed by atoms with van der Waals surface area (Å²) in [6, 6.07) is 0.314. The van der Waals surface area contributed by atoms with Crippen molar-refractivity contribution in [1.82, 2.24) is 15.1 Å². The number of hydrogen-bond donors (Lipinski definition) is 3. The Balaban J connectivity index is 1.77. The van der Waals surface area contributed by atoms with Crippen molar-refractivity contribution in [3.8, 4) is 0 Å². The molecular formula is C11H16N4O4. The van der Waals surface area contributed by atoms with Crippen molar-refractivity contribution in [2.75, 3.05) is 18.5 Å². The highest BCUT2D eigenvalue weighted by molar-refractivity contribution is 5.84. The monoisotopic (exact) mass is 268 g/mol. The lowest BCUT2D eigenvalue weighted by molar-refractivity contribution is -0.122. The molecule has 1 saturated carbocycles. The summed E-state index contributed by atoms with van der Waals surface area (Å²) in [4.78, 5) is 22.7. The number of carbonyl (C=O) groups excluding carboxylic acids is 2. The van der Waals surface area contributed by atoms with E-state index in [4.69, 9.17) is 5.11 Å². The lowest BCUT2D eigenvalue weighted by atomic mass is 10.5. The molecule has 1 aromatic heterocycles. The number of nitrogens with zero attached hydrogens (tertiary/aromatic N) is 2. The van der Waals surface area contributed by atoms with E-state index >= 15 is 0 Å².